The molecule has 0 aromatic heterocycles. The molecule has 2 atom stereocenters. The van der Waals surface area contributed by atoms with E-state index in [-0.39, 0.29) is 17.8 Å². The molecule has 6 heteroatoms. The minimum atomic E-state index is -0.192. The molecule has 25 heavy (non-hydrogen) atoms. The lowest BCUT2D eigenvalue weighted by atomic mass is 10.1. The molecule has 0 saturated carbocycles. The third-order valence-electron chi connectivity index (χ3n) is 5.77. The van der Waals surface area contributed by atoms with Crippen LogP contribution in [0.5, 0.6) is 0 Å². The molecule has 3 heterocycles. The molecule has 2 unspecified atom stereocenters. The summed E-state index contributed by atoms with van der Waals surface area (Å²) in [4.78, 5) is 19.3. The maximum atomic E-state index is 13.4. The zero-order valence-corrected chi connectivity index (χ0v) is 14.6. The van der Waals surface area contributed by atoms with Crippen molar-refractivity contribution in [1.29, 1.82) is 0 Å². The number of morpholine rings is 1. The first-order valence-corrected chi connectivity index (χ1v) is 9.29. The standard InChI is InChI=1S/C19H26FN3O2/c20-16-3-1-2-15(12-16)14-22-5-4-17-18(22)13-19(24)23(17)7-6-21-8-10-25-11-9-21/h1-3,12,17-18H,4-11,13-14H2. The summed E-state index contributed by atoms with van der Waals surface area (Å²) in [6, 6.07) is 7.39. The number of carbonyl (C=O) groups excluding carboxylic acids is 1. The number of likely N-dealkylation sites (tertiary alicyclic amines) is 2. The van der Waals surface area contributed by atoms with E-state index in [0.29, 0.717) is 12.5 Å². The number of hydrogen-bond acceptors (Lipinski definition) is 4. The van der Waals surface area contributed by atoms with Gasteiger partial charge in [-0.15, -0.1) is 0 Å². The highest BCUT2D eigenvalue weighted by molar-refractivity contribution is 5.80. The molecule has 5 nitrogen and oxygen atoms in total. The Bertz CT molecular complexity index is 620. The maximum Gasteiger partial charge on any atom is 0.224 e. The van der Waals surface area contributed by atoms with Crippen molar-refractivity contribution in [2.75, 3.05) is 45.9 Å². The summed E-state index contributed by atoms with van der Waals surface area (Å²) in [5.41, 5.74) is 0.986. The third kappa shape index (κ3) is 3.71. The number of amides is 1. The monoisotopic (exact) mass is 347 g/mol. The minimum Gasteiger partial charge on any atom is -0.379 e. The van der Waals surface area contributed by atoms with Crippen LogP contribution < -0.4 is 0 Å². The molecule has 3 saturated heterocycles. The molecule has 0 radical (unpaired) electrons. The molecular formula is C19H26FN3O2. The van der Waals surface area contributed by atoms with E-state index < -0.39 is 0 Å². The molecule has 0 spiro atoms. The van der Waals surface area contributed by atoms with Crippen molar-refractivity contribution in [3.8, 4) is 0 Å². The number of ether oxygens (including phenoxy) is 1. The zero-order valence-electron chi connectivity index (χ0n) is 14.6. The van der Waals surface area contributed by atoms with E-state index >= 15 is 0 Å². The lowest BCUT2D eigenvalue weighted by Gasteiger charge is -2.30. The topological polar surface area (TPSA) is 36.0 Å². The second kappa shape index (κ2) is 7.40. The van der Waals surface area contributed by atoms with Crippen LogP contribution in [0.3, 0.4) is 0 Å². The highest BCUT2D eigenvalue weighted by atomic mass is 19.1. The van der Waals surface area contributed by atoms with Gasteiger partial charge in [0.15, 0.2) is 0 Å². The quantitative estimate of drug-likeness (QED) is 0.805. The first kappa shape index (κ1) is 16.9. The second-order valence-electron chi connectivity index (χ2n) is 7.27. The van der Waals surface area contributed by atoms with Gasteiger partial charge < -0.3 is 9.64 Å². The van der Waals surface area contributed by atoms with Gasteiger partial charge in [0.1, 0.15) is 5.82 Å². The molecule has 1 amide bonds. The molecule has 0 aliphatic carbocycles. The molecule has 1 aromatic rings. The minimum absolute atomic E-state index is 0.192. The summed E-state index contributed by atoms with van der Waals surface area (Å²) in [6.07, 6.45) is 1.62. The van der Waals surface area contributed by atoms with Crippen molar-refractivity contribution in [1.82, 2.24) is 14.7 Å². The highest BCUT2D eigenvalue weighted by Crippen LogP contribution is 2.33. The number of rotatable bonds is 5. The Hall–Kier alpha value is -1.50. The first-order valence-electron chi connectivity index (χ1n) is 9.29. The number of benzene rings is 1. The first-order chi connectivity index (χ1) is 12.2. The van der Waals surface area contributed by atoms with Gasteiger partial charge in [0.25, 0.3) is 0 Å². The summed E-state index contributed by atoms with van der Waals surface area (Å²) in [5, 5.41) is 0. The summed E-state index contributed by atoms with van der Waals surface area (Å²) >= 11 is 0. The summed E-state index contributed by atoms with van der Waals surface area (Å²) < 4.78 is 18.8. The van der Waals surface area contributed by atoms with Crippen molar-refractivity contribution in [2.45, 2.75) is 31.5 Å². The third-order valence-corrected chi connectivity index (χ3v) is 5.77. The highest BCUT2D eigenvalue weighted by Gasteiger charge is 2.46. The van der Waals surface area contributed by atoms with E-state index in [1.807, 2.05) is 6.07 Å². The lowest BCUT2D eigenvalue weighted by Crippen LogP contribution is -2.44. The smallest absolute Gasteiger partial charge is 0.224 e. The van der Waals surface area contributed by atoms with Crippen molar-refractivity contribution < 1.29 is 13.9 Å². The number of carbonyl (C=O) groups is 1. The average Bonchev–Trinajstić information content (AvgIpc) is 3.13. The van der Waals surface area contributed by atoms with Crippen LogP contribution in [0.2, 0.25) is 0 Å². The van der Waals surface area contributed by atoms with Gasteiger partial charge in [-0.1, -0.05) is 12.1 Å². The van der Waals surface area contributed by atoms with Crippen LogP contribution in [0.4, 0.5) is 4.39 Å². The fourth-order valence-corrected chi connectivity index (χ4v) is 4.44. The molecule has 3 fully saturated rings. The molecule has 136 valence electrons. The molecule has 3 aliphatic rings. The van der Waals surface area contributed by atoms with Crippen LogP contribution in [0.15, 0.2) is 24.3 Å². The van der Waals surface area contributed by atoms with Crippen LogP contribution in [-0.2, 0) is 16.1 Å². The van der Waals surface area contributed by atoms with Gasteiger partial charge in [-0.3, -0.25) is 14.6 Å². The number of halogens is 1. The average molecular weight is 347 g/mol. The van der Waals surface area contributed by atoms with Gasteiger partial charge in [-0.25, -0.2) is 4.39 Å². The fourth-order valence-electron chi connectivity index (χ4n) is 4.44. The Morgan fingerprint density at radius 3 is 2.76 bits per heavy atom. The molecule has 1 aromatic carbocycles. The van der Waals surface area contributed by atoms with E-state index in [9.17, 15) is 9.18 Å². The van der Waals surface area contributed by atoms with Gasteiger partial charge >= 0.3 is 0 Å². The van der Waals surface area contributed by atoms with E-state index in [1.54, 1.807) is 12.1 Å². The second-order valence-corrected chi connectivity index (χ2v) is 7.27. The van der Waals surface area contributed by atoms with E-state index in [2.05, 4.69) is 14.7 Å². The number of hydrogen-bond donors (Lipinski definition) is 0. The van der Waals surface area contributed by atoms with E-state index in [1.165, 1.54) is 6.07 Å². The van der Waals surface area contributed by atoms with Crippen molar-refractivity contribution in [3.05, 3.63) is 35.6 Å². The van der Waals surface area contributed by atoms with Crippen LogP contribution in [-0.4, -0.2) is 78.6 Å². The molecule has 4 rings (SSSR count). The Balaban J connectivity index is 1.35. The van der Waals surface area contributed by atoms with Crippen LogP contribution in [0.1, 0.15) is 18.4 Å². The predicted molar refractivity (Wildman–Crippen MR) is 92.6 cm³/mol. The van der Waals surface area contributed by atoms with Gasteiger partial charge in [-0.2, -0.15) is 0 Å². The molecule has 3 aliphatic heterocycles. The Morgan fingerprint density at radius 1 is 1.12 bits per heavy atom. The van der Waals surface area contributed by atoms with Crippen molar-refractivity contribution in [3.63, 3.8) is 0 Å². The Kier molecular flexibility index (Phi) is 5.01. The summed E-state index contributed by atoms with van der Waals surface area (Å²) in [6.45, 7) is 6.96. The number of nitrogens with zero attached hydrogens (tertiary/aromatic N) is 3. The summed E-state index contributed by atoms with van der Waals surface area (Å²) in [5.74, 6) is 0.0788. The van der Waals surface area contributed by atoms with Crippen molar-refractivity contribution in [2.24, 2.45) is 0 Å². The normalized spacial score (nSPS) is 27.9. The van der Waals surface area contributed by atoms with Gasteiger partial charge in [0.05, 0.1) is 13.2 Å². The van der Waals surface area contributed by atoms with E-state index in [0.717, 1.165) is 64.5 Å². The molecule has 0 bridgehead atoms. The molecule has 0 N–H and O–H groups in total. The van der Waals surface area contributed by atoms with E-state index in [4.69, 9.17) is 4.74 Å². The predicted octanol–water partition coefficient (Wildman–Crippen LogP) is 1.33. The van der Waals surface area contributed by atoms with Gasteiger partial charge in [0, 0.05) is 57.8 Å². The van der Waals surface area contributed by atoms with Crippen molar-refractivity contribution >= 4 is 5.91 Å². The zero-order chi connectivity index (χ0) is 17.2. The Labute approximate surface area is 148 Å². The van der Waals surface area contributed by atoms with Crippen LogP contribution in [0.25, 0.3) is 0 Å². The number of fused-ring (bicyclic) bond motifs is 1. The van der Waals surface area contributed by atoms with Gasteiger partial charge in [0.2, 0.25) is 5.91 Å². The largest absolute Gasteiger partial charge is 0.379 e. The summed E-state index contributed by atoms with van der Waals surface area (Å²) in [7, 11) is 0. The maximum absolute atomic E-state index is 13.4. The SMILES string of the molecule is O=C1CC2C(CCN2Cc2cccc(F)c2)N1CCN1CCOCC1. The fraction of sp³-hybridized carbons (Fsp3) is 0.632. The van der Waals surface area contributed by atoms with Crippen LogP contribution >= 0.6 is 0 Å². The van der Waals surface area contributed by atoms with Gasteiger partial charge in [-0.05, 0) is 24.1 Å². The lowest BCUT2D eigenvalue weighted by molar-refractivity contribution is -0.129. The Morgan fingerprint density at radius 2 is 1.96 bits per heavy atom. The van der Waals surface area contributed by atoms with Crippen LogP contribution in [0, 0.1) is 5.82 Å². The molecular weight excluding hydrogens is 321 g/mol.